The summed E-state index contributed by atoms with van der Waals surface area (Å²) >= 11 is 0. The molecule has 0 aliphatic carbocycles. The largest absolute Gasteiger partial charge is 0.355 e. The van der Waals surface area contributed by atoms with Gasteiger partial charge in [-0.05, 0) is 31.4 Å². The molecule has 1 atom stereocenters. The van der Waals surface area contributed by atoms with Crippen molar-refractivity contribution < 1.29 is 0 Å². The lowest BCUT2D eigenvalue weighted by molar-refractivity contribution is 0.495. The van der Waals surface area contributed by atoms with Gasteiger partial charge in [-0.2, -0.15) is 9.97 Å². The Balaban J connectivity index is 1.82. The Morgan fingerprint density at radius 1 is 1.23 bits per heavy atom. The Labute approximate surface area is 175 Å². The van der Waals surface area contributed by atoms with Crippen molar-refractivity contribution in [3.8, 4) is 0 Å². The van der Waals surface area contributed by atoms with Crippen LogP contribution in [0.4, 0.5) is 11.9 Å². The number of nitrogens with two attached hydrogens (primary N) is 2. The van der Waals surface area contributed by atoms with Crippen molar-refractivity contribution in [1.82, 2.24) is 19.1 Å². The van der Waals surface area contributed by atoms with E-state index in [0.29, 0.717) is 36.7 Å². The highest BCUT2D eigenvalue weighted by molar-refractivity contribution is 5.75. The third-order valence-corrected chi connectivity index (χ3v) is 5.55. The number of anilines is 2. The van der Waals surface area contributed by atoms with Crippen molar-refractivity contribution in [3.63, 3.8) is 0 Å². The number of hydrogen-bond donors (Lipinski definition) is 3. The molecule has 1 aromatic carbocycles. The van der Waals surface area contributed by atoms with Crippen LogP contribution in [0.25, 0.3) is 11.2 Å². The Kier molecular flexibility index (Phi) is 6.01. The van der Waals surface area contributed by atoms with E-state index < -0.39 is 0 Å². The van der Waals surface area contributed by atoms with Gasteiger partial charge >= 0.3 is 0 Å². The molecule has 1 unspecified atom stereocenters. The number of nitrogens with zero attached hydrogens (tertiary/aromatic N) is 5. The van der Waals surface area contributed by atoms with Crippen molar-refractivity contribution in [1.29, 1.82) is 0 Å². The third kappa shape index (κ3) is 4.03. The summed E-state index contributed by atoms with van der Waals surface area (Å²) in [7, 11) is 1.73. The standard InChI is InChI=1S/C21H30N8O/c1-27-19(30)17-18(25-20(27)24-11-6-10-22)26-21(28-12-5-9-16(23)14-28)29(17)13-15-7-3-2-4-8-15/h2-4,7-8,16H,5-6,9-14,22-23H2,1H3,(H,24,25). The first-order valence-corrected chi connectivity index (χ1v) is 10.5. The van der Waals surface area contributed by atoms with Gasteiger partial charge < -0.3 is 21.7 Å². The maximum Gasteiger partial charge on any atom is 0.281 e. The van der Waals surface area contributed by atoms with Gasteiger partial charge in [0.15, 0.2) is 11.2 Å². The molecule has 30 heavy (non-hydrogen) atoms. The Bertz CT molecular complexity index is 1060. The highest BCUT2D eigenvalue weighted by Crippen LogP contribution is 2.24. The van der Waals surface area contributed by atoms with Gasteiger partial charge in [0.1, 0.15) is 0 Å². The molecule has 3 aromatic rings. The van der Waals surface area contributed by atoms with Crippen LogP contribution in [0.1, 0.15) is 24.8 Å². The number of benzene rings is 1. The molecule has 160 valence electrons. The van der Waals surface area contributed by atoms with Crippen molar-refractivity contribution in [3.05, 3.63) is 46.2 Å². The summed E-state index contributed by atoms with van der Waals surface area (Å²) in [5.41, 5.74) is 13.8. The quantitative estimate of drug-likeness (QED) is 0.494. The molecule has 9 heteroatoms. The monoisotopic (exact) mass is 410 g/mol. The smallest absolute Gasteiger partial charge is 0.281 e. The van der Waals surface area contributed by atoms with E-state index in [4.69, 9.17) is 16.5 Å². The molecule has 5 N–H and O–H groups in total. The van der Waals surface area contributed by atoms with Crippen LogP contribution in [-0.2, 0) is 13.6 Å². The van der Waals surface area contributed by atoms with Crippen LogP contribution in [0, 0.1) is 0 Å². The molecule has 1 aliphatic rings. The van der Waals surface area contributed by atoms with Gasteiger partial charge in [0, 0.05) is 32.7 Å². The summed E-state index contributed by atoms with van der Waals surface area (Å²) in [6.07, 6.45) is 2.81. The van der Waals surface area contributed by atoms with Crippen LogP contribution in [0.2, 0.25) is 0 Å². The van der Waals surface area contributed by atoms with Crippen LogP contribution >= 0.6 is 0 Å². The molecule has 0 saturated carbocycles. The summed E-state index contributed by atoms with van der Waals surface area (Å²) in [5.74, 6) is 1.26. The first-order chi connectivity index (χ1) is 14.6. The van der Waals surface area contributed by atoms with Gasteiger partial charge in [0.2, 0.25) is 11.9 Å². The normalized spacial score (nSPS) is 16.9. The number of rotatable bonds is 7. The van der Waals surface area contributed by atoms with Crippen molar-refractivity contribution in [2.45, 2.75) is 31.8 Å². The fourth-order valence-electron chi connectivity index (χ4n) is 3.96. The van der Waals surface area contributed by atoms with Crippen molar-refractivity contribution >= 4 is 23.1 Å². The lowest BCUT2D eigenvalue weighted by atomic mass is 10.1. The van der Waals surface area contributed by atoms with Crippen molar-refractivity contribution in [2.75, 3.05) is 36.4 Å². The predicted octanol–water partition coefficient (Wildman–Crippen LogP) is 0.867. The zero-order valence-electron chi connectivity index (χ0n) is 17.4. The molecule has 2 aromatic heterocycles. The van der Waals surface area contributed by atoms with E-state index in [0.717, 1.165) is 43.9 Å². The van der Waals surface area contributed by atoms with Gasteiger partial charge in [0.05, 0.1) is 6.54 Å². The van der Waals surface area contributed by atoms with Gasteiger partial charge in [0.25, 0.3) is 5.56 Å². The number of nitrogens with one attached hydrogen (secondary N) is 1. The molecule has 0 radical (unpaired) electrons. The lowest BCUT2D eigenvalue weighted by Crippen LogP contribution is -2.44. The Hall–Kier alpha value is -2.91. The maximum absolute atomic E-state index is 13.3. The molecule has 9 nitrogen and oxygen atoms in total. The highest BCUT2D eigenvalue weighted by Gasteiger charge is 2.25. The summed E-state index contributed by atoms with van der Waals surface area (Å²) in [6.45, 7) is 3.37. The van der Waals surface area contributed by atoms with Crippen molar-refractivity contribution in [2.24, 2.45) is 18.5 Å². The fraction of sp³-hybridized carbons (Fsp3) is 0.476. The van der Waals surface area contributed by atoms with E-state index in [1.807, 2.05) is 22.8 Å². The summed E-state index contributed by atoms with van der Waals surface area (Å²) in [6, 6.07) is 10.2. The number of imidazole rings is 1. The van der Waals surface area contributed by atoms with Gasteiger partial charge in [-0.15, -0.1) is 0 Å². The minimum absolute atomic E-state index is 0.105. The van der Waals surface area contributed by atoms with E-state index in [-0.39, 0.29) is 11.6 Å². The number of aromatic nitrogens is 4. The number of piperidine rings is 1. The SMILES string of the molecule is Cn1c(NCCCN)nc2nc(N3CCCC(N)C3)n(Cc3ccccc3)c2c1=O. The second kappa shape index (κ2) is 8.85. The fourth-order valence-corrected chi connectivity index (χ4v) is 3.96. The van der Waals surface area contributed by atoms with Crippen LogP contribution in [-0.4, -0.2) is 51.3 Å². The Morgan fingerprint density at radius 2 is 2.03 bits per heavy atom. The molecule has 0 bridgehead atoms. The highest BCUT2D eigenvalue weighted by atomic mass is 16.1. The van der Waals surface area contributed by atoms with Gasteiger partial charge in [-0.1, -0.05) is 30.3 Å². The first kappa shape index (κ1) is 20.4. The second-order valence-electron chi connectivity index (χ2n) is 7.87. The second-order valence-corrected chi connectivity index (χ2v) is 7.87. The molecule has 1 saturated heterocycles. The molecule has 3 heterocycles. The zero-order chi connectivity index (χ0) is 21.1. The average Bonchev–Trinajstić information content (AvgIpc) is 3.10. The zero-order valence-corrected chi connectivity index (χ0v) is 17.4. The number of hydrogen-bond acceptors (Lipinski definition) is 7. The lowest BCUT2D eigenvalue weighted by Gasteiger charge is -2.31. The third-order valence-electron chi connectivity index (χ3n) is 5.55. The molecule has 1 aliphatic heterocycles. The van der Waals surface area contributed by atoms with Gasteiger partial charge in [-0.3, -0.25) is 13.9 Å². The molecule has 0 amide bonds. The predicted molar refractivity (Wildman–Crippen MR) is 120 cm³/mol. The van der Waals surface area contributed by atoms with E-state index in [1.54, 1.807) is 11.6 Å². The van der Waals surface area contributed by atoms with Crippen LogP contribution < -0.4 is 27.2 Å². The molecular weight excluding hydrogens is 380 g/mol. The summed E-state index contributed by atoms with van der Waals surface area (Å²) in [5, 5.41) is 3.20. The van der Waals surface area contributed by atoms with E-state index in [2.05, 4.69) is 27.3 Å². The van der Waals surface area contributed by atoms with Crippen LogP contribution in [0.15, 0.2) is 35.1 Å². The molecular formula is C21H30N8O. The van der Waals surface area contributed by atoms with E-state index >= 15 is 0 Å². The minimum atomic E-state index is -0.119. The number of fused-ring (bicyclic) bond motifs is 1. The van der Waals surface area contributed by atoms with Crippen LogP contribution in [0.3, 0.4) is 0 Å². The van der Waals surface area contributed by atoms with Crippen LogP contribution in [0.5, 0.6) is 0 Å². The van der Waals surface area contributed by atoms with Gasteiger partial charge in [-0.25, -0.2) is 0 Å². The first-order valence-electron chi connectivity index (χ1n) is 10.5. The summed E-state index contributed by atoms with van der Waals surface area (Å²) < 4.78 is 3.54. The molecule has 1 fully saturated rings. The average molecular weight is 411 g/mol. The van der Waals surface area contributed by atoms with E-state index in [9.17, 15) is 4.79 Å². The summed E-state index contributed by atoms with van der Waals surface area (Å²) in [4.78, 5) is 25.0. The molecule has 4 rings (SSSR count). The maximum atomic E-state index is 13.3. The minimum Gasteiger partial charge on any atom is -0.355 e. The topological polar surface area (TPSA) is 120 Å². The Morgan fingerprint density at radius 3 is 2.77 bits per heavy atom. The molecule has 0 spiro atoms. The van der Waals surface area contributed by atoms with E-state index in [1.165, 1.54) is 0 Å².